The van der Waals surface area contributed by atoms with Gasteiger partial charge in [0.05, 0.1) is 25.1 Å². The molecule has 1 aliphatic carbocycles. The lowest BCUT2D eigenvalue weighted by molar-refractivity contribution is 0.0563. The van der Waals surface area contributed by atoms with Crippen LogP contribution in [0.1, 0.15) is 60.8 Å². The molecule has 0 radical (unpaired) electrons. The van der Waals surface area contributed by atoms with Crippen molar-refractivity contribution in [3.05, 3.63) is 45.9 Å². The molecule has 0 bridgehead atoms. The zero-order chi connectivity index (χ0) is 28.4. The number of nitrogens with one attached hydrogen (secondary N) is 2. The highest BCUT2D eigenvalue weighted by Crippen LogP contribution is 2.38. The van der Waals surface area contributed by atoms with Gasteiger partial charge in [0.25, 0.3) is 0 Å². The molecule has 214 valence electrons. The topological polar surface area (TPSA) is 125 Å². The van der Waals surface area contributed by atoms with Crippen LogP contribution in [-0.2, 0) is 28.2 Å². The maximum Gasteiger partial charge on any atom is 0.413 e. The number of rotatable bonds is 7. The lowest BCUT2D eigenvalue weighted by Gasteiger charge is -2.20. The van der Waals surface area contributed by atoms with Gasteiger partial charge in [-0.15, -0.1) is 0 Å². The van der Waals surface area contributed by atoms with Gasteiger partial charge in [-0.2, -0.15) is 19.4 Å². The molecule has 4 aliphatic rings. The van der Waals surface area contributed by atoms with Crippen LogP contribution in [0.4, 0.5) is 4.79 Å². The van der Waals surface area contributed by atoms with Gasteiger partial charge in [-0.25, -0.2) is 4.79 Å². The molecule has 2 N–H and O–H groups in total. The van der Waals surface area contributed by atoms with Crippen LogP contribution in [0, 0.1) is 13.8 Å². The van der Waals surface area contributed by atoms with Crippen LogP contribution in [0.3, 0.4) is 0 Å². The maximum atomic E-state index is 12.7. The third-order valence-corrected chi connectivity index (χ3v) is 7.67. The van der Waals surface area contributed by atoms with Gasteiger partial charge < -0.3 is 19.5 Å². The first-order chi connectivity index (χ1) is 19.1. The van der Waals surface area contributed by atoms with E-state index in [2.05, 4.69) is 26.1 Å². The molecule has 4 heterocycles. The molecule has 12 heteroatoms. The van der Waals surface area contributed by atoms with Crippen LogP contribution in [0.2, 0.25) is 0 Å². The first-order valence-corrected chi connectivity index (χ1v) is 14.5. The van der Waals surface area contributed by atoms with E-state index >= 15 is 0 Å². The molecule has 1 atom stereocenters. The second kappa shape index (κ2) is 11.7. The smallest absolute Gasteiger partial charge is 0.413 e. The molecule has 0 spiro atoms. The minimum absolute atomic E-state index is 0.331. The van der Waals surface area contributed by atoms with Crippen LogP contribution in [0.5, 0.6) is 5.75 Å². The Morgan fingerprint density at radius 2 is 2.10 bits per heavy atom. The van der Waals surface area contributed by atoms with E-state index in [9.17, 15) is 4.79 Å². The summed E-state index contributed by atoms with van der Waals surface area (Å²) in [5.74, 6) is 1.80. The van der Waals surface area contributed by atoms with Crippen molar-refractivity contribution in [1.82, 2.24) is 30.6 Å². The standard InChI is InChI=1S/C28H37N7O4S/c1-16-12-30-22(17(2)25(16)37-6)13-35-32-21-11-18(7-9-29-19-8-10-38-14-19)20-15-40-34-26(24(33-35)23(20)21)31-27(36)39-28(3,4)5/h11-12,19,29H,7-10,13-15H2,1-6H3,(H,31,34,36)/t19-/m1/s1. The number of amides is 1. The molecule has 1 amide bonds. The molecule has 1 aromatic heterocycles. The Hall–Kier alpha value is -3.22. The van der Waals surface area contributed by atoms with Gasteiger partial charge in [-0.3, -0.25) is 10.3 Å². The number of aryl methyl sites for hydroxylation is 1. The number of methoxy groups -OCH3 is 1. The summed E-state index contributed by atoms with van der Waals surface area (Å²) in [7, 11) is 1.66. The van der Waals surface area contributed by atoms with E-state index < -0.39 is 11.7 Å². The molecule has 3 aliphatic heterocycles. The SMILES string of the molecule is COc1c(C)cnc(Cn2nc3cc(CCN[C@@H]4CCOC4)c4c-3c(n2)C(NC(=O)OC(C)(C)C)=NSC4)c1C. The summed E-state index contributed by atoms with van der Waals surface area (Å²) in [5.41, 5.74) is 6.67. The van der Waals surface area contributed by atoms with Crippen molar-refractivity contribution < 1.29 is 19.0 Å². The number of amidine groups is 1. The van der Waals surface area contributed by atoms with Crippen LogP contribution in [0.25, 0.3) is 11.3 Å². The summed E-state index contributed by atoms with van der Waals surface area (Å²) in [6, 6.07) is 2.53. The fourth-order valence-electron chi connectivity index (χ4n) is 5.08. The van der Waals surface area contributed by atoms with E-state index in [1.165, 1.54) is 17.5 Å². The van der Waals surface area contributed by atoms with Crippen molar-refractivity contribution in [2.24, 2.45) is 4.40 Å². The van der Waals surface area contributed by atoms with Gasteiger partial charge in [-0.05, 0) is 83.1 Å². The molecule has 40 heavy (non-hydrogen) atoms. The largest absolute Gasteiger partial charge is 0.496 e. The van der Waals surface area contributed by atoms with Crippen molar-refractivity contribution in [1.29, 1.82) is 0 Å². The number of carbonyl (C=O) groups is 1. The Balaban J connectivity index is 1.51. The lowest BCUT2D eigenvalue weighted by atomic mass is 10.1. The van der Waals surface area contributed by atoms with E-state index in [-0.39, 0.29) is 0 Å². The van der Waals surface area contributed by atoms with Crippen molar-refractivity contribution in [2.45, 2.75) is 71.4 Å². The molecule has 1 fully saturated rings. The number of alkyl carbamates (subject to hydrolysis) is 1. The number of pyridine rings is 1. The second-order valence-corrected chi connectivity index (χ2v) is 11.9. The molecule has 0 saturated carbocycles. The highest BCUT2D eigenvalue weighted by Gasteiger charge is 2.30. The number of ether oxygens (including phenoxy) is 3. The molecule has 5 rings (SSSR count). The molecular formula is C28H37N7O4S. The fraction of sp³-hybridized carbons (Fsp3) is 0.536. The van der Waals surface area contributed by atoms with Crippen LogP contribution in [-0.4, -0.2) is 70.4 Å². The summed E-state index contributed by atoms with van der Waals surface area (Å²) >= 11 is 1.38. The Morgan fingerprint density at radius 3 is 2.83 bits per heavy atom. The molecule has 1 saturated heterocycles. The number of hydrogen-bond acceptors (Lipinski definition) is 10. The normalized spacial score (nSPS) is 17.1. The number of hydrogen-bond donors (Lipinski definition) is 2. The Labute approximate surface area is 238 Å². The minimum atomic E-state index is -0.646. The molecule has 11 nitrogen and oxygen atoms in total. The Kier molecular flexibility index (Phi) is 8.29. The van der Waals surface area contributed by atoms with E-state index in [1.807, 2.05) is 34.6 Å². The van der Waals surface area contributed by atoms with Crippen LogP contribution < -0.4 is 15.4 Å². The third kappa shape index (κ3) is 6.24. The van der Waals surface area contributed by atoms with Gasteiger partial charge in [0.15, 0.2) is 5.84 Å². The van der Waals surface area contributed by atoms with E-state index in [0.29, 0.717) is 29.9 Å². The third-order valence-electron chi connectivity index (χ3n) is 6.94. The predicted octanol–water partition coefficient (Wildman–Crippen LogP) is 3.81. The van der Waals surface area contributed by atoms with Crippen molar-refractivity contribution >= 4 is 23.9 Å². The molecule has 0 aromatic carbocycles. The summed E-state index contributed by atoms with van der Waals surface area (Å²) in [5, 5.41) is 16.2. The minimum Gasteiger partial charge on any atom is -0.496 e. The molecule has 1 aromatic rings. The van der Waals surface area contributed by atoms with E-state index in [0.717, 1.165) is 72.0 Å². The number of nitrogens with zero attached hydrogens (tertiary/aromatic N) is 5. The first kappa shape index (κ1) is 28.3. The first-order valence-electron chi connectivity index (χ1n) is 13.5. The highest BCUT2D eigenvalue weighted by atomic mass is 32.2. The summed E-state index contributed by atoms with van der Waals surface area (Å²) in [6.07, 6.45) is 3.09. The summed E-state index contributed by atoms with van der Waals surface area (Å²) in [4.78, 5) is 19.0. The Bertz CT molecular complexity index is 1390. The van der Waals surface area contributed by atoms with Crippen molar-refractivity contribution in [3.63, 3.8) is 0 Å². The van der Waals surface area contributed by atoms with E-state index in [1.54, 1.807) is 18.1 Å². The van der Waals surface area contributed by atoms with Crippen molar-refractivity contribution in [3.8, 4) is 17.0 Å². The summed E-state index contributed by atoms with van der Waals surface area (Å²) in [6.45, 7) is 12.2. The van der Waals surface area contributed by atoms with Gasteiger partial charge in [0.1, 0.15) is 23.6 Å². The zero-order valence-corrected chi connectivity index (χ0v) is 24.8. The Morgan fingerprint density at radius 1 is 1.27 bits per heavy atom. The maximum absolute atomic E-state index is 12.7. The van der Waals surface area contributed by atoms with Gasteiger partial charge in [0.2, 0.25) is 0 Å². The van der Waals surface area contributed by atoms with Gasteiger partial charge in [0, 0.05) is 41.3 Å². The lowest BCUT2D eigenvalue weighted by Crippen LogP contribution is -2.37. The van der Waals surface area contributed by atoms with Crippen LogP contribution in [0.15, 0.2) is 16.7 Å². The van der Waals surface area contributed by atoms with Crippen LogP contribution >= 0.6 is 11.9 Å². The van der Waals surface area contributed by atoms with Gasteiger partial charge in [-0.1, -0.05) is 0 Å². The zero-order valence-electron chi connectivity index (χ0n) is 24.0. The summed E-state index contributed by atoms with van der Waals surface area (Å²) < 4.78 is 21.3. The fourth-order valence-corrected chi connectivity index (χ4v) is 5.86. The molecular weight excluding hydrogens is 530 g/mol. The number of carbonyl (C=O) groups excluding carboxylic acids is 1. The van der Waals surface area contributed by atoms with Gasteiger partial charge >= 0.3 is 6.09 Å². The van der Waals surface area contributed by atoms with E-state index in [4.69, 9.17) is 24.4 Å². The average Bonchev–Trinajstić information content (AvgIpc) is 3.47. The average molecular weight is 568 g/mol. The van der Waals surface area contributed by atoms with Crippen molar-refractivity contribution in [2.75, 3.05) is 26.9 Å². The number of aromatic nitrogens is 4. The second-order valence-electron chi connectivity index (χ2n) is 11.1. The monoisotopic (exact) mass is 567 g/mol. The quantitative estimate of drug-likeness (QED) is 0.410. The highest BCUT2D eigenvalue weighted by molar-refractivity contribution is 7.97. The molecule has 0 unspecified atom stereocenters. The predicted molar refractivity (Wildman–Crippen MR) is 154 cm³/mol.